The van der Waals surface area contributed by atoms with Gasteiger partial charge in [0, 0.05) is 6.42 Å². The van der Waals surface area contributed by atoms with Gasteiger partial charge in [0.1, 0.15) is 17.4 Å². The Hall–Kier alpha value is -3.34. The number of hydrogen-bond acceptors (Lipinski definition) is 8. The van der Waals surface area contributed by atoms with Crippen molar-refractivity contribution in [2.45, 2.75) is 32.6 Å². The summed E-state index contributed by atoms with van der Waals surface area (Å²) in [7, 11) is 4.48. The van der Waals surface area contributed by atoms with Gasteiger partial charge in [0.15, 0.2) is 11.5 Å². The van der Waals surface area contributed by atoms with Gasteiger partial charge in [-0.2, -0.15) is 5.26 Å². The molecule has 0 amide bonds. The van der Waals surface area contributed by atoms with Gasteiger partial charge in [-0.15, -0.1) is 0 Å². The first-order chi connectivity index (χ1) is 14.0. The highest BCUT2D eigenvalue weighted by molar-refractivity contribution is 5.92. The van der Waals surface area contributed by atoms with E-state index >= 15 is 0 Å². The minimum absolute atomic E-state index is 0.0391. The normalized spacial score (nSPS) is 16.1. The van der Waals surface area contributed by atoms with Crippen molar-refractivity contribution < 1.29 is 28.5 Å². The Balaban J connectivity index is 2.79. The number of ether oxygens (including phenoxy) is 5. The van der Waals surface area contributed by atoms with Gasteiger partial charge in [0.05, 0.1) is 39.4 Å². The second kappa shape index (κ2) is 9.73. The fourth-order valence-corrected chi connectivity index (χ4v) is 3.26. The predicted molar refractivity (Wildman–Crippen MR) is 105 cm³/mol. The molecule has 1 aliphatic rings. The van der Waals surface area contributed by atoms with Crippen LogP contribution in [0, 0.1) is 11.3 Å². The van der Waals surface area contributed by atoms with Crippen LogP contribution in [-0.2, 0) is 14.3 Å². The van der Waals surface area contributed by atoms with Crippen molar-refractivity contribution in [3.8, 4) is 23.3 Å². The molecular weight excluding hydrogens is 376 g/mol. The smallest absolute Gasteiger partial charge is 0.338 e. The Morgan fingerprint density at radius 3 is 2.24 bits per heavy atom. The molecule has 0 aliphatic carbocycles. The van der Waals surface area contributed by atoms with Crippen LogP contribution in [0.1, 0.15) is 38.2 Å². The van der Waals surface area contributed by atoms with E-state index in [-0.39, 0.29) is 23.6 Å². The number of benzene rings is 1. The number of nitrogens with zero attached hydrogens (tertiary/aromatic N) is 1. The molecule has 156 valence electrons. The van der Waals surface area contributed by atoms with E-state index in [4.69, 9.17) is 29.4 Å². The van der Waals surface area contributed by atoms with Crippen molar-refractivity contribution in [1.82, 2.24) is 0 Å². The van der Waals surface area contributed by atoms with Gasteiger partial charge < -0.3 is 29.4 Å². The summed E-state index contributed by atoms with van der Waals surface area (Å²) in [5, 5.41) is 9.76. The van der Waals surface area contributed by atoms with Crippen molar-refractivity contribution in [3.05, 3.63) is 40.5 Å². The van der Waals surface area contributed by atoms with Gasteiger partial charge in [-0.3, -0.25) is 0 Å². The average Bonchev–Trinajstić information content (AvgIpc) is 2.72. The molecule has 1 aliphatic heterocycles. The van der Waals surface area contributed by atoms with Crippen LogP contribution in [0.15, 0.2) is 34.9 Å². The number of nitriles is 1. The first kappa shape index (κ1) is 22.0. The Morgan fingerprint density at radius 1 is 1.17 bits per heavy atom. The minimum Gasteiger partial charge on any atom is -0.493 e. The molecule has 0 saturated heterocycles. The quantitative estimate of drug-likeness (QED) is 0.660. The zero-order chi connectivity index (χ0) is 21.6. The standard InChI is InChI=1S/C21H26N2O6/c1-6-8-14-18(21(24)28-7-2)17(13(11-22)20(23)29-14)12-9-15(25-3)19(27-5)16(10-12)26-4/h9-10,17H,6-8,23H2,1-5H3. The van der Waals surface area contributed by atoms with E-state index in [0.717, 1.165) is 6.42 Å². The third kappa shape index (κ3) is 4.24. The van der Waals surface area contributed by atoms with Gasteiger partial charge in [-0.05, 0) is 31.0 Å². The fraction of sp³-hybridized carbons (Fsp3) is 0.429. The summed E-state index contributed by atoms with van der Waals surface area (Å²) >= 11 is 0. The SMILES string of the molecule is CCCC1=C(C(=O)OCC)C(c2cc(OC)c(OC)c(OC)c2)C(C#N)=C(N)O1. The number of hydrogen-bond donors (Lipinski definition) is 1. The lowest BCUT2D eigenvalue weighted by molar-refractivity contribution is -0.139. The second-order valence-electron chi connectivity index (χ2n) is 6.19. The summed E-state index contributed by atoms with van der Waals surface area (Å²) in [4.78, 5) is 12.8. The molecule has 0 fully saturated rings. The van der Waals surface area contributed by atoms with Gasteiger partial charge >= 0.3 is 5.97 Å². The molecular formula is C21H26N2O6. The molecule has 8 heteroatoms. The molecule has 2 rings (SSSR count). The molecule has 1 unspecified atom stereocenters. The average molecular weight is 402 g/mol. The van der Waals surface area contributed by atoms with E-state index in [1.54, 1.807) is 19.1 Å². The van der Waals surface area contributed by atoms with Gasteiger partial charge in [-0.25, -0.2) is 4.79 Å². The first-order valence-electron chi connectivity index (χ1n) is 9.24. The molecule has 0 bridgehead atoms. The summed E-state index contributed by atoms with van der Waals surface area (Å²) in [6.45, 7) is 3.85. The molecule has 0 spiro atoms. The summed E-state index contributed by atoms with van der Waals surface area (Å²) in [5.74, 6) is 0.188. The largest absolute Gasteiger partial charge is 0.493 e. The molecule has 1 aromatic carbocycles. The Morgan fingerprint density at radius 2 is 1.79 bits per heavy atom. The maximum atomic E-state index is 12.8. The summed E-state index contributed by atoms with van der Waals surface area (Å²) in [6, 6.07) is 5.44. The Kier molecular flexibility index (Phi) is 7.37. The molecule has 8 nitrogen and oxygen atoms in total. The highest BCUT2D eigenvalue weighted by atomic mass is 16.5. The van der Waals surface area contributed by atoms with E-state index in [9.17, 15) is 10.1 Å². The van der Waals surface area contributed by atoms with Crippen LogP contribution in [0.5, 0.6) is 17.2 Å². The van der Waals surface area contributed by atoms with E-state index < -0.39 is 11.9 Å². The van der Waals surface area contributed by atoms with Crippen molar-refractivity contribution >= 4 is 5.97 Å². The van der Waals surface area contributed by atoms with E-state index in [0.29, 0.717) is 35.0 Å². The zero-order valence-corrected chi connectivity index (χ0v) is 17.3. The summed E-state index contributed by atoms with van der Waals surface area (Å²) in [5.41, 5.74) is 6.96. The highest BCUT2D eigenvalue weighted by Crippen LogP contribution is 2.46. The van der Waals surface area contributed by atoms with Crippen LogP contribution in [-0.4, -0.2) is 33.9 Å². The molecule has 2 N–H and O–H groups in total. The number of allylic oxidation sites excluding steroid dienone is 2. The van der Waals surface area contributed by atoms with Crippen LogP contribution in [0.2, 0.25) is 0 Å². The van der Waals surface area contributed by atoms with Crippen LogP contribution in [0.25, 0.3) is 0 Å². The van der Waals surface area contributed by atoms with Crippen molar-refractivity contribution in [3.63, 3.8) is 0 Å². The highest BCUT2D eigenvalue weighted by Gasteiger charge is 2.38. The first-order valence-corrected chi connectivity index (χ1v) is 9.24. The monoisotopic (exact) mass is 402 g/mol. The number of carbonyl (C=O) groups excluding carboxylic acids is 1. The van der Waals surface area contributed by atoms with Gasteiger partial charge in [-0.1, -0.05) is 6.92 Å². The second-order valence-corrected chi connectivity index (χ2v) is 6.19. The van der Waals surface area contributed by atoms with Crippen LogP contribution in [0.3, 0.4) is 0 Å². The number of rotatable bonds is 8. The van der Waals surface area contributed by atoms with Crippen molar-refractivity contribution in [1.29, 1.82) is 5.26 Å². The van der Waals surface area contributed by atoms with Crippen LogP contribution in [0.4, 0.5) is 0 Å². The van der Waals surface area contributed by atoms with Crippen LogP contribution >= 0.6 is 0 Å². The predicted octanol–water partition coefficient (Wildman–Crippen LogP) is 3.14. The molecule has 29 heavy (non-hydrogen) atoms. The summed E-state index contributed by atoms with van der Waals surface area (Å²) in [6.07, 6.45) is 1.18. The van der Waals surface area contributed by atoms with E-state index in [1.807, 2.05) is 6.92 Å². The number of methoxy groups -OCH3 is 3. The van der Waals surface area contributed by atoms with Gasteiger partial charge in [0.25, 0.3) is 0 Å². The fourth-order valence-electron chi connectivity index (χ4n) is 3.26. The Bertz CT molecular complexity index is 857. The third-order valence-electron chi connectivity index (χ3n) is 4.49. The lowest BCUT2D eigenvalue weighted by Crippen LogP contribution is -2.26. The molecule has 1 aromatic rings. The lowest BCUT2D eigenvalue weighted by Gasteiger charge is -2.28. The van der Waals surface area contributed by atoms with E-state index in [2.05, 4.69) is 6.07 Å². The molecule has 0 radical (unpaired) electrons. The van der Waals surface area contributed by atoms with Crippen LogP contribution < -0.4 is 19.9 Å². The number of nitrogens with two attached hydrogens (primary N) is 1. The topological polar surface area (TPSA) is 113 Å². The molecule has 0 aromatic heterocycles. The van der Waals surface area contributed by atoms with E-state index in [1.165, 1.54) is 21.3 Å². The lowest BCUT2D eigenvalue weighted by atomic mass is 9.82. The number of carbonyl (C=O) groups is 1. The third-order valence-corrected chi connectivity index (χ3v) is 4.49. The maximum absolute atomic E-state index is 12.8. The minimum atomic E-state index is -0.789. The molecule has 0 saturated carbocycles. The Labute approximate surface area is 170 Å². The summed E-state index contributed by atoms with van der Waals surface area (Å²) < 4.78 is 27.1. The molecule has 1 heterocycles. The number of esters is 1. The van der Waals surface area contributed by atoms with Crippen molar-refractivity contribution in [2.24, 2.45) is 5.73 Å². The maximum Gasteiger partial charge on any atom is 0.338 e. The molecule has 1 atom stereocenters. The van der Waals surface area contributed by atoms with Gasteiger partial charge in [0.2, 0.25) is 11.6 Å². The zero-order valence-electron chi connectivity index (χ0n) is 17.3. The van der Waals surface area contributed by atoms with Crippen molar-refractivity contribution in [2.75, 3.05) is 27.9 Å².